The summed E-state index contributed by atoms with van der Waals surface area (Å²) in [7, 11) is 3.23. The first-order valence-electron chi connectivity index (χ1n) is 11.5. The number of likely N-dealkylation sites (tertiary alicyclic amines) is 1. The molecule has 1 fully saturated rings. The fourth-order valence-electron chi connectivity index (χ4n) is 4.45. The maximum Gasteiger partial charge on any atom is 0.339 e. The summed E-state index contributed by atoms with van der Waals surface area (Å²) in [5.41, 5.74) is 1.16. The van der Waals surface area contributed by atoms with Crippen molar-refractivity contribution in [2.75, 3.05) is 25.5 Å². The lowest BCUT2D eigenvalue weighted by Crippen LogP contribution is -2.39. The van der Waals surface area contributed by atoms with E-state index in [-0.39, 0.29) is 30.6 Å². The lowest BCUT2D eigenvalue weighted by Gasteiger charge is -2.31. The van der Waals surface area contributed by atoms with Crippen LogP contribution in [0.25, 0.3) is 11.0 Å². The number of nitrogens with one attached hydrogen (secondary N) is 1. The number of hydrogen-bond acceptors (Lipinski definition) is 7. The number of anilines is 1. The Morgan fingerprint density at radius 2 is 2.03 bits per heavy atom. The van der Waals surface area contributed by atoms with E-state index >= 15 is 0 Å². The molecule has 0 bridgehead atoms. The molecule has 0 atom stereocenters. The van der Waals surface area contributed by atoms with E-state index in [0.29, 0.717) is 47.4 Å². The average Bonchev–Trinajstić information content (AvgIpc) is 3.23. The number of carbonyl (C=O) groups excluding carboxylic acids is 2. The van der Waals surface area contributed by atoms with Crippen LogP contribution in [-0.2, 0) is 23.1 Å². The Labute approximate surface area is 207 Å². The average molecular weight is 502 g/mol. The van der Waals surface area contributed by atoms with Crippen LogP contribution >= 0.6 is 11.6 Å². The minimum absolute atomic E-state index is 0.0164. The number of aryl methyl sites for hydroxylation is 2. The van der Waals surface area contributed by atoms with Crippen molar-refractivity contribution in [3.8, 4) is 5.75 Å². The molecule has 11 heteroatoms. The van der Waals surface area contributed by atoms with Gasteiger partial charge >= 0.3 is 5.63 Å². The van der Waals surface area contributed by atoms with Crippen molar-refractivity contribution in [2.45, 2.75) is 39.0 Å². The highest BCUT2D eigenvalue weighted by molar-refractivity contribution is 6.32. The second-order valence-corrected chi connectivity index (χ2v) is 9.20. The quantitative estimate of drug-likeness (QED) is 0.494. The predicted molar refractivity (Wildman–Crippen MR) is 131 cm³/mol. The van der Waals surface area contributed by atoms with Crippen LogP contribution in [0.3, 0.4) is 0 Å². The maximum absolute atomic E-state index is 12.8. The highest BCUT2D eigenvalue weighted by atomic mass is 35.5. The van der Waals surface area contributed by atoms with E-state index in [4.69, 9.17) is 20.8 Å². The number of rotatable bonds is 7. The number of halogens is 1. The molecular formula is C24H28ClN5O5. The number of fused-ring (bicyclic) bond motifs is 1. The number of amides is 2. The molecule has 3 aromatic rings. The number of methoxy groups -OCH3 is 1. The summed E-state index contributed by atoms with van der Waals surface area (Å²) in [4.78, 5) is 43.5. The van der Waals surface area contributed by atoms with E-state index in [0.717, 1.165) is 23.8 Å². The number of benzene rings is 1. The van der Waals surface area contributed by atoms with Gasteiger partial charge in [-0.2, -0.15) is 0 Å². The van der Waals surface area contributed by atoms with E-state index in [9.17, 15) is 14.4 Å². The molecular weight excluding hydrogens is 474 g/mol. The van der Waals surface area contributed by atoms with Gasteiger partial charge in [-0.25, -0.2) is 9.78 Å². The van der Waals surface area contributed by atoms with Crippen molar-refractivity contribution in [3.63, 3.8) is 0 Å². The first kappa shape index (κ1) is 24.7. The molecule has 1 aliphatic heterocycles. The smallest absolute Gasteiger partial charge is 0.339 e. The van der Waals surface area contributed by atoms with Crippen LogP contribution in [0.5, 0.6) is 5.75 Å². The lowest BCUT2D eigenvalue weighted by molar-refractivity contribution is -0.132. The van der Waals surface area contributed by atoms with Crippen molar-refractivity contribution in [1.82, 2.24) is 19.7 Å². The Kier molecular flexibility index (Phi) is 7.39. The summed E-state index contributed by atoms with van der Waals surface area (Å²) in [5.74, 6) is 0.771. The second-order valence-electron chi connectivity index (χ2n) is 8.79. The molecule has 1 N–H and O–H groups in total. The second kappa shape index (κ2) is 10.5. The zero-order valence-electron chi connectivity index (χ0n) is 20.0. The third-order valence-corrected chi connectivity index (χ3v) is 6.74. The van der Waals surface area contributed by atoms with Gasteiger partial charge < -0.3 is 14.1 Å². The largest absolute Gasteiger partial charge is 0.495 e. The SMILES string of the molecule is COc1cc2oc(=O)c(CCC(=O)N3CCC(CC(=O)Nc4ncn(C)n4)CC3)c(C)c2cc1Cl. The monoisotopic (exact) mass is 501 g/mol. The summed E-state index contributed by atoms with van der Waals surface area (Å²) in [5, 5.41) is 7.89. The molecule has 4 rings (SSSR count). The van der Waals surface area contributed by atoms with Crippen molar-refractivity contribution in [3.05, 3.63) is 45.0 Å². The molecule has 2 aromatic heterocycles. The normalized spacial score (nSPS) is 14.3. The molecule has 1 aliphatic rings. The summed E-state index contributed by atoms with van der Waals surface area (Å²) in [6.45, 7) is 3.00. The van der Waals surface area contributed by atoms with Gasteiger partial charge in [-0.3, -0.25) is 19.6 Å². The number of carbonyl (C=O) groups is 2. The molecule has 35 heavy (non-hydrogen) atoms. The van der Waals surface area contributed by atoms with Crippen LogP contribution in [0.1, 0.15) is 36.8 Å². The zero-order chi connectivity index (χ0) is 25.1. The number of nitrogens with zero attached hydrogens (tertiary/aromatic N) is 4. The van der Waals surface area contributed by atoms with Gasteiger partial charge in [0.25, 0.3) is 0 Å². The third-order valence-electron chi connectivity index (χ3n) is 6.44. The van der Waals surface area contributed by atoms with Gasteiger partial charge in [0.2, 0.25) is 17.8 Å². The molecule has 0 radical (unpaired) electrons. The Balaban J connectivity index is 1.31. The van der Waals surface area contributed by atoms with Crippen molar-refractivity contribution < 1.29 is 18.7 Å². The molecule has 186 valence electrons. The summed E-state index contributed by atoms with van der Waals surface area (Å²) >= 11 is 6.24. The predicted octanol–water partition coefficient (Wildman–Crippen LogP) is 3.09. The van der Waals surface area contributed by atoms with E-state index in [1.54, 1.807) is 24.1 Å². The van der Waals surface area contributed by atoms with E-state index in [2.05, 4.69) is 15.4 Å². The molecule has 0 spiro atoms. The molecule has 3 heterocycles. The van der Waals surface area contributed by atoms with Crippen LogP contribution in [-0.4, -0.2) is 51.7 Å². The Morgan fingerprint density at radius 1 is 1.29 bits per heavy atom. The van der Waals surface area contributed by atoms with Gasteiger partial charge in [0.05, 0.1) is 12.1 Å². The number of piperidine rings is 1. The molecule has 0 aliphatic carbocycles. The number of hydrogen-bond donors (Lipinski definition) is 1. The van der Waals surface area contributed by atoms with Crippen LogP contribution in [0.4, 0.5) is 5.95 Å². The molecule has 1 saturated heterocycles. The summed E-state index contributed by atoms with van der Waals surface area (Å²) in [6.07, 6.45) is 3.86. The van der Waals surface area contributed by atoms with Gasteiger partial charge in [0.15, 0.2) is 0 Å². The van der Waals surface area contributed by atoms with E-state index in [1.165, 1.54) is 18.1 Å². The molecule has 0 saturated carbocycles. The fraction of sp³-hybridized carbons (Fsp3) is 0.458. The maximum atomic E-state index is 12.8. The van der Waals surface area contributed by atoms with Gasteiger partial charge in [-0.1, -0.05) is 11.6 Å². The third kappa shape index (κ3) is 5.64. The topological polar surface area (TPSA) is 120 Å². The van der Waals surface area contributed by atoms with Crippen molar-refractivity contribution in [1.29, 1.82) is 0 Å². The molecule has 2 amide bonds. The number of ether oxygens (including phenoxy) is 1. The summed E-state index contributed by atoms with van der Waals surface area (Å²) in [6, 6.07) is 3.31. The zero-order valence-corrected chi connectivity index (χ0v) is 20.7. The highest BCUT2D eigenvalue weighted by Crippen LogP contribution is 2.32. The van der Waals surface area contributed by atoms with Crippen LogP contribution in [0, 0.1) is 12.8 Å². The first-order valence-corrected chi connectivity index (χ1v) is 11.9. The molecule has 0 unspecified atom stereocenters. The first-order chi connectivity index (χ1) is 16.7. The van der Waals surface area contributed by atoms with E-state index in [1.807, 2.05) is 6.92 Å². The van der Waals surface area contributed by atoms with Gasteiger partial charge in [-0.15, -0.1) is 5.10 Å². The Hall–Kier alpha value is -3.40. The van der Waals surface area contributed by atoms with Crippen molar-refractivity contribution >= 4 is 40.3 Å². The van der Waals surface area contributed by atoms with Gasteiger partial charge in [-0.05, 0) is 43.7 Å². The molecule has 10 nitrogen and oxygen atoms in total. The highest BCUT2D eigenvalue weighted by Gasteiger charge is 2.25. The van der Waals surface area contributed by atoms with Crippen molar-refractivity contribution in [2.24, 2.45) is 13.0 Å². The van der Waals surface area contributed by atoms with Gasteiger partial charge in [0, 0.05) is 50.0 Å². The molecule has 1 aromatic carbocycles. The minimum Gasteiger partial charge on any atom is -0.495 e. The van der Waals surface area contributed by atoms with Gasteiger partial charge in [0.1, 0.15) is 17.7 Å². The van der Waals surface area contributed by atoms with Crippen LogP contribution < -0.4 is 15.7 Å². The van der Waals surface area contributed by atoms with E-state index < -0.39 is 5.63 Å². The van der Waals surface area contributed by atoms with Crippen LogP contribution in [0.15, 0.2) is 27.7 Å². The number of aromatic nitrogens is 3. The lowest BCUT2D eigenvalue weighted by atomic mass is 9.93. The van der Waals surface area contributed by atoms with Crippen LogP contribution in [0.2, 0.25) is 5.02 Å². The fourth-order valence-corrected chi connectivity index (χ4v) is 4.69. The standard InChI is InChI=1S/C24H28ClN5O5/c1-14-16(23(33)35-19-12-20(34-3)18(25)11-17(14)19)4-5-22(32)30-8-6-15(7-9-30)10-21(31)27-24-26-13-29(2)28-24/h11-13,15H,4-10H2,1-3H3,(H,27,28,31). The Morgan fingerprint density at radius 3 is 2.69 bits per heavy atom. The Bertz CT molecular complexity index is 1310. The minimum atomic E-state index is -0.459. The summed E-state index contributed by atoms with van der Waals surface area (Å²) < 4.78 is 12.2.